The summed E-state index contributed by atoms with van der Waals surface area (Å²) in [6, 6.07) is 0. The highest BCUT2D eigenvalue weighted by Crippen LogP contribution is 1.99. The second kappa shape index (κ2) is 3.37. The Balaban J connectivity index is 2.44. The third-order valence-corrected chi connectivity index (χ3v) is 1.38. The summed E-state index contributed by atoms with van der Waals surface area (Å²) in [6.45, 7) is 5.25. The molecule has 0 aliphatic rings. The van der Waals surface area contributed by atoms with Crippen LogP contribution in [0.5, 0.6) is 0 Å². The van der Waals surface area contributed by atoms with Crippen molar-refractivity contribution in [2.45, 2.75) is 13.8 Å². The molecule has 0 amide bonds. The molecule has 0 aliphatic carbocycles. The summed E-state index contributed by atoms with van der Waals surface area (Å²) in [5.74, 6) is 1.46. The Bertz CT molecular complexity index is 216. The number of anilines is 1. The van der Waals surface area contributed by atoms with E-state index in [0.29, 0.717) is 5.92 Å². The molecule has 0 unspecified atom stereocenters. The number of hydrogen-bond donors (Lipinski definition) is 1. The first-order valence-corrected chi connectivity index (χ1v) is 3.78. The molecule has 1 rings (SSSR count). The smallest absolute Gasteiger partial charge is 0.224 e. The third kappa shape index (κ3) is 2.22. The fourth-order valence-electron chi connectivity index (χ4n) is 0.739. The van der Waals surface area contributed by atoms with Gasteiger partial charge in [0.05, 0.1) is 0 Å². The molecular weight excluding hydrogens is 140 g/mol. The van der Waals surface area contributed by atoms with E-state index in [4.69, 9.17) is 0 Å². The molecule has 0 aliphatic heterocycles. The molecule has 0 bridgehead atoms. The molecule has 1 N–H and O–H groups in total. The van der Waals surface area contributed by atoms with Gasteiger partial charge in [-0.3, -0.25) is 0 Å². The lowest BCUT2D eigenvalue weighted by atomic mass is 10.2. The zero-order chi connectivity index (χ0) is 8.27. The van der Waals surface area contributed by atoms with Gasteiger partial charge in [-0.2, -0.15) is 0 Å². The summed E-state index contributed by atoms with van der Waals surface area (Å²) in [5.41, 5.74) is 0. The van der Waals surface area contributed by atoms with Crippen molar-refractivity contribution in [3.8, 4) is 0 Å². The van der Waals surface area contributed by atoms with Crippen molar-refractivity contribution in [1.29, 1.82) is 0 Å². The van der Waals surface area contributed by atoms with Crippen molar-refractivity contribution in [3.05, 3.63) is 6.33 Å². The number of aryl methyl sites for hydroxylation is 1. The van der Waals surface area contributed by atoms with Gasteiger partial charge in [0.25, 0.3) is 0 Å². The first-order chi connectivity index (χ1) is 5.20. The van der Waals surface area contributed by atoms with E-state index in [9.17, 15) is 0 Å². The molecule has 4 nitrogen and oxygen atoms in total. The van der Waals surface area contributed by atoms with E-state index in [1.54, 1.807) is 6.33 Å². The average Bonchev–Trinajstić information content (AvgIpc) is 2.31. The van der Waals surface area contributed by atoms with Gasteiger partial charge in [-0.25, -0.2) is 0 Å². The van der Waals surface area contributed by atoms with Crippen LogP contribution < -0.4 is 5.32 Å². The van der Waals surface area contributed by atoms with Crippen LogP contribution in [0.3, 0.4) is 0 Å². The minimum absolute atomic E-state index is 0.631. The molecule has 0 fully saturated rings. The summed E-state index contributed by atoms with van der Waals surface area (Å²) in [5, 5.41) is 10.8. The number of nitrogens with zero attached hydrogens (tertiary/aromatic N) is 3. The lowest BCUT2D eigenvalue weighted by Crippen LogP contribution is -2.11. The van der Waals surface area contributed by atoms with Gasteiger partial charge in [-0.15, -0.1) is 10.2 Å². The highest BCUT2D eigenvalue weighted by molar-refractivity contribution is 5.22. The van der Waals surface area contributed by atoms with Crippen LogP contribution in [-0.2, 0) is 7.05 Å². The molecule has 1 heterocycles. The zero-order valence-electron chi connectivity index (χ0n) is 7.20. The molecule has 1 aromatic heterocycles. The molecule has 0 spiro atoms. The molecule has 0 aromatic carbocycles. The molecule has 0 saturated heterocycles. The van der Waals surface area contributed by atoms with Gasteiger partial charge in [0.1, 0.15) is 6.33 Å². The number of nitrogens with one attached hydrogen (secondary N) is 1. The highest BCUT2D eigenvalue weighted by Gasteiger charge is 1.99. The quantitative estimate of drug-likeness (QED) is 0.703. The fourth-order valence-corrected chi connectivity index (χ4v) is 0.739. The summed E-state index contributed by atoms with van der Waals surface area (Å²) < 4.78 is 1.86. The second-order valence-electron chi connectivity index (χ2n) is 3.04. The van der Waals surface area contributed by atoms with Crippen LogP contribution in [0.4, 0.5) is 5.95 Å². The maximum atomic E-state index is 3.89. The topological polar surface area (TPSA) is 42.7 Å². The lowest BCUT2D eigenvalue weighted by Gasteiger charge is -2.06. The monoisotopic (exact) mass is 154 g/mol. The summed E-state index contributed by atoms with van der Waals surface area (Å²) in [4.78, 5) is 0. The van der Waals surface area contributed by atoms with Crippen LogP contribution in [0.2, 0.25) is 0 Å². The molecule has 0 saturated carbocycles. The molecule has 62 valence electrons. The van der Waals surface area contributed by atoms with E-state index in [2.05, 4.69) is 29.4 Å². The van der Waals surface area contributed by atoms with Crippen LogP contribution in [0.25, 0.3) is 0 Å². The highest BCUT2D eigenvalue weighted by atomic mass is 15.3. The van der Waals surface area contributed by atoms with E-state index in [1.807, 2.05) is 11.6 Å². The van der Waals surface area contributed by atoms with Crippen molar-refractivity contribution < 1.29 is 0 Å². The number of rotatable bonds is 3. The minimum Gasteiger partial charge on any atom is -0.354 e. The predicted molar refractivity (Wildman–Crippen MR) is 44.3 cm³/mol. The zero-order valence-corrected chi connectivity index (χ0v) is 7.20. The van der Waals surface area contributed by atoms with Gasteiger partial charge in [0.2, 0.25) is 5.95 Å². The Morgan fingerprint density at radius 3 is 2.82 bits per heavy atom. The summed E-state index contributed by atoms with van der Waals surface area (Å²) in [6.07, 6.45) is 1.68. The fraction of sp³-hybridized carbons (Fsp3) is 0.714. The van der Waals surface area contributed by atoms with E-state index < -0.39 is 0 Å². The Hall–Kier alpha value is -1.06. The Labute approximate surface area is 66.6 Å². The predicted octanol–water partition coefficient (Wildman–Crippen LogP) is 0.883. The van der Waals surface area contributed by atoms with Crippen molar-refractivity contribution in [1.82, 2.24) is 14.8 Å². The van der Waals surface area contributed by atoms with Gasteiger partial charge in [0, 0.05) is 13.6 Å². The normalized spacial score (nSPS) is 10.5. The van der Waals surface area contributed by atoms with E-state index in [-0.39, 0.29) is 0 Å². The van der Waals surface area contributed by atoms with Crippen molar-refractivity contribution in [2.24, 2.45) is 13.0 Å². The first-order valence-electron chi connectivity index (χ1n) is 3.78. The molecule has 11 heavy (non-hydrogen) atoms. The minimum atomic E-state index is 0.631. The number of hydrogen-bond acceptors (Lipinski definition) is 3. The molecule has 1 aromatic rings. The maximum absolute atomic E-state index is 3.89. The maximum Gasteiger partial charge on any atom is 0.224 e. The summed E-state index contributed by atoms with van der Waals surface area (Å²) in [7, 11) is 1.92. The molecular formula is C7H14N4. The standard InChI is InChI=1S/C7H14N4/c1-6(2)4-8-7-10-9-5-11(7)3/h5-6H,4H2,1-3H3,(H,8,10). The van der Waals surface area contributed by atoms with Gasteiger partial charge >= 0.3 is 0 Å². The Kier molecular flexibility index (Phi) is 2.46. The second-order valence-corrected chi connectivity index (χ2v) is 3.04. The molecule has 0 radical (unpaired) electrons. The lowest BCUT2D eigenvalue weighted by molar-refractivity contribution is 0.680. The van der Waals surface area contributed by atoms with Crippen LogP contribution in [-0.4, -0.2) is 21.3 Å². The van der Waals surface area contributed by atoms with Crippen molar-refractivity contribution in [2.75, 3.05) is 11.9 Å². The van der Waals surface area contributed by atoms with Gasteiger partial charge in [0.15, 0.2) is 0 Å². The van der Waals surface area contributed by atoms with Crippen molar-refractivity contribution in [3.63, 3.8) is 0 Å². The SMILES string of the molecule is CC(C)CNc1nncn1C. The van der Waals surface area contributed by atoms with E-state index in [0.717, 1.165) is 12.5 Å². The third-order valence-electron chi connectivity index (χ3n) is 1.38. The van der Waals surface area contributed by atoms with E-state index >= 15 is 0 Å². The van der Waals surface area contributed by atoms with Crippen LogP contribution in [0.15, 0.2) is 6.33 Å². The molecule has 4 heteroatoms. The first kappa shape index (κ1) is 8.04. The molecule has 0 atom stereocenters. The van der Waals surface area contributed by atoms with Crippen molar-refractivity contribution >= 4 is 5.95 Å². The number of aromatic nitrogens is 3. The van der Waals surface area contributed by atoms with Crippen LogP contribution in [0.1, 0.15) is 13.8 Å². The summed E-state index contributed by atoms with van der Waals surface area (Å²) >= 11 is 0. The van der Waals surface area contributed by atoms with Crippen LogP contribution in [0, 0.1) is 5.92 Å². The van der Waals surface area contributed by atoms with Gasteiger partial charge < -0.3 is 9.88 Å². The van der Waals surface area contributed by atoms with Gasteiger partial charge in [-0.05, 0) is 5.92 Å². The Morgan fingerprint density at radius 1 is 1.64 bits per heavy atom. The average molecular weight is 154 g/mol. The van der Waals surface area contributed by atoms with Crippen LogP contribution >= 0.6 is 0 Å². The van der Waals surface area contributed by atoms with E-state index in [1.165, 1.54) is 0 Å². The Morgan fingerprint density at radius 2 is 2.36 bits per heavy atom. The largest absolute Gasteiger partial charge is 0.354 e. The van der Waals surface area contributed by atoms with Gasteiger partial charge in [-0.1, -0.05) is 13.8 Å².